The van der Waals surface area contributed by atoms with Crippen LogP contribution in [0.25, 0.3) is 5.82 Å². The number of aromatic nitrogens is 4. The zero-order valence-electron chi connectivity index (χ0n) is 10.2. The highest BCUT2D eigenvalue weighted by molar-refractivity contribution is 5.90. The second-order valence-electron chi connectivity index (χ2n) is 3.71. The second-order valence-corrected chi connectivity index (χ2v) is 3.71. The molecule has 1 amide bonds. The highest BCUT2D eigenvalue weighted by atomic mass is 16.1. The van der Waals surface area contributed by atoms with Crippen LogP contribution in [0.15, 0.2) is 18.6 Å². The van der Waals surface area contributed by atoms with Crippen LogP contribution in [0.5, 0.6) is 0 Å². The van der Waals surface area contributed by atoms with E-state index in [0.29, 0.717) is 5.82 Å². The summed E-state index contributed by atoms with van der Waals surface area (Å²) in [7, 11) is 0. The Hall–Kier alpha value is -2.44. The molecule has 0 spiro atoms. The minimum absolute atomic E-state index is 0.206. The number of nitrogens with two attached hydrogens (primary N) is 1. The van der Waals surface area contributed by atoms with E-state index in [2.05, 4.69) is 20.4 Å². The summed E-state index contributed by atoms with van der Waals surface area (Å²) >= 11 is 0. The Morgan fingerprint density at radius 2 is 2.28 bits per heavy atom. The van der Waals surface area contributed by atoms with Crippen molar-refractivity contribution in [2.45, 2.75) is 13.8 Å². The van der Waals surface area contributed by atoms with Gasteiger partial charge in [-0.1, -0.05) is 0 Å². The third kappa shape index (κ3) is 2.15. The van der Waals surface area contributed by atoms with E-state index in [1.165, 1.54) is 11.0 Å². The number of anilines is 1. The Balaban J connectivity index is 2.43. The van der Waals surface area contributed by atoms with E-state index in [1.807, 2.05) is 13.8 Å². The first-order chi connectivity index (χ1) is 8.63. The molecule has 0 aliphatic heterocycles. The molecule has 0 unspecified atom stereocenters. The molecular weight excluding hydrogens is 232 g/mol. The third-order valence-electron chi connectivity index (χ3n) is 2.46. The number of primary amides is 1. The van der Waals surface area contributed by atoms with Crippen molar-refractivity contribution >= 4 is 11.7 Å². The summed E-state index contributed by atoms with van der Waals surface area (Å²) in [5.41, 5.74) is 6.23. The smallest absolute Gasteiger partial charge is 0.269 e. The average molecular weight is 246 g/mol. The Labute approximate surface area is 104 Å². The maximum Gasteiger partial charge on any atom is 0.269 e. The number of hydrogen-bond donors (Lipinski definition) is 2. The van der Waals surface area contributed by atoms with Gasteiger partial charge in [-0.15, -0.1) is 0 Å². The predicted molar refractivity (Wildman–Crippen MR) is 66.6 cm³/mol. The lowest BCUT2D eigenvalue weighted by Gasteiger charge is -2.09. The lowest BCUT2D eigenvalue weighted by atomic mass is 10.3. The predicted octanol–water partition coefficient (Wildman–Crippen LogP) is 0.501. The van der Waals surface area contributed by atoms with Gasteiger partial charge in [0.05, 0.1) is 0 Å². The summed E-state index contributed by atoms with van der Waals surface area (Å²) < 4.78 is 1.51. The summed E-state index contributed by atoms with van der Waals surface area (Å²) in [6, 6.07) is 1.55. The van der Waals surface area contributed by atoms with Gasteiger partial charge in [0.15, 0.2) is 5.82 Å². The van der Waals surface area contributed by atoms with E-state index in [0.717, 1.165) is 17.9 Å². The van der Waals surface area contributed by atoms with Crippen LogP contribution in [0.3, 0.4) is 0 Å². The second kappa shape index (κ2) is 4.82. The molecule has 0 bridgehead atoms. The zero-order chi connectivity index (χ0) is 13.1. The Kier molecular flexibility index (Phi) is 3.22. The van der Waals surface area contributed by atoms with E-state index < -0.39 is 5.91 Å². The molecule has 7 heteroatoms. The molecular formula is C11H14N6O. The van der Waals surface area contributed by atoms with Gasteiger partial charge >= 0.3 is 0 Å². The molecule has 2 aromatic heterocycles. The van der Waals surface area contributed by atoms with Crippen molar-refractivity contribution in [3.63, 3.8) is 0 Å². The third-order valence-corrected chi connectivity index (χ3v) is 2.46. The fourth-order valence-electron chi connectivity index (χ4n) is 1.59. The number of nitrogens with one attached hydrogen (secondary N) is 1. The monoisotopic (exact) mass is 246 g/mol. The maximum atomic E-state index is 11.0. The first-order valence-electron chi connectivity index (χ1n) is 5.54. The number of amides is 1. The van der Waals surface area contributed by atoms with Gasteiger partial charge in [-0.05, 0) is 19.9 Å². The summed E-state index contributed by atoms with van der Waals surface area (Å²) in [6.45, 7) is 4.64. The van der Waals surface area contributed by atoms with Crippen molar-refractivity contribution in [3.05, 3.63) is 29.8 Å². The lowest BCUT2D eigenvalue weighted by molar-refractivity contribution is 0.0995. The zero-order valence-corrected chi connectivity index (χ0v) is 10.2. The standard InChI is InChI=1S/C11H14N6O/c1-3-13-10-7(2)11(15-6-14-10)17-5-4-8(16-17)9(12)18/h4-6H,3H2,1-2H3,(H2,12,18)(H,13,14,15). The number of hydrogen-bond acceptors (Lipinski definition) is 5. The highest BCUT2D eigenvalue weighted by Gasteiger charge is 2.11. The summed E-state index contributed by atoms with van der Waals surface area (Å²) in [5.74, 6) is 0.805. The van der Waals surface area contributed by atoms with Crippen LogP contribution in [0.1, 0.15) is 23.0 Å². The van der Waals surface area contributed by atoms with E-state index in [4.69, 9.17) is 5.73 Å². The number of carbonyl (C=O) groups excluding carboxylic acids is 1. The molecule has 0 fully saturated rings. The number of carbonyl (C=O) groups is 1. The molecule has 94 valence electrons. The molecule has 0 aliphatic rings. The minimum atomic E-state index is -0.563. The van der Waals surface area contributed by atoms with E-state index in [1.54, 1.807) is 12.3 Å². The minimum Gasteiger partial charge on any atom is -0.370 e. The van der Waals surface area contributed by atoms with Crippen LogP contribution in [0.2, 0.25) is 0 Å². The molecule has 0 saturated carbocycles. The summed E-state index contributed by atoms with van der Waals surface area (Å²) in [4.78, 5) is 19.3. The first-order valence-corrected chi connectivity index (χ1v) is 5.54. The van der Waals surface area contributed by atoms with Crippen molar-refractivity contribution in [3.8, 4) is 5.82 Å². The Bertz CT molecular complexity index is 577. The quantitative estimate of drug-likeness (QED) is 0.818. The van der Waals surface area contributed by atoms with Crippen molar-refractivity contribution < 1.29 is 4.79 Å². The van der Waals surface area contributed by atoms with Gasteiger partial charge < -0.3 is 11.1 Å². The van der Waals surface area contributed by atoms with Gasteiger partial charge in [0.25, 0.3) is 5.91 Å². The Morgan fingerprint density at radius 1 is 1.50 bits per heavy atom. The number of nitrogens with zero attached hydrogens (tertiary/aromatic N) is 4. The SMILES string of the molecule is CCNc1ncnc(-n2ccc(C(N)=O)n2)c1C. The van der Waals surface area contributed by atoms with Gasteiger partial charge in [-0.3, -0.25) is 4.79 Å². The summed E-state index contributed by atoms with van der Waals surface area (Å²) in [5, 5.41) is 7.20. The van der Waals surface area contributed by atoms with E-state index in [9.17, 15) is 4.79 Å². The largest absolute Gasteiger partial charge is 0.370 e. The molecule has 2 heterocycles. The molecule has 2 aromatic rings. The van der Waals surface area contributed by atoms with Crippen LogP contribution in [0.4, 0.5) is 5.82 Å². The van der Waals surface area contributed by atoms with Crippen LogP contribution in [0, 0.1) is 6.92 Å². The maximum absolute atomic E-state index is 11.0. The summed E-state index contributed by atoms with van der Waals surface area (Å²) in [6.07, 6.45) is 3.09. The lowest BCUT2D eigenvalue weighted by Crippen LogP contribution is -2.13. The van der Waals surface area contributed by atoms with Crippen molar-refractivity contribution in [1.82, 2.24) is 19.7 Å². The van der Waals surface area contributed by atoms with Crippen LogP contribution >= 0.6 is 0 Å². The van der Waals surface area contributed by atoms with E-state index in [-0.39, 0.29) is 5.69 Å². The fraction of sp³-hybridized carbons (Fsp3) is 0.273. The molecule has 2 rings (SSSR count). The van der Waals surface area contributed by atoms with Crippen molar-refractivity contribution in [2.24, 2.45) is 5.73 Å². The Morgan fingerprint density at radius 3 is 2.89 bits per heavy atom. The van der Waals surface area contributed by atoms with Gasteiger partial charge in [-0.2, -0.15) is 5.10 Å². The van der Waals surface area contributed by atoms with E-state index >= 15 is 0 Å². The van der Waals surface area contributed by atoms with Gasteiger partial charge in [0.1, 0.15) is 17.8 Å². The van der Waals surface area contributed by atoms with Crippen LogP contribution in [-0.4, -0.2) is 32.2 Å². The molecule has 0 radical (unpaired) electrons. The average Bonchev–Trinajstić information content (AvgIpc) is 2.81. The topological polar surface area (TPSA) is 98.7 Å². The molecule has 7 nitrogen and oxygen atoms in total. The fourth-order valence-corrected chi connectivity index (χ4v) is 1.59. The van der Waals surface area contributed by atoms with Crippen molar-refractivity contribution in [1.29, 1.82) is 0 Å². The molecule has 0 saturated heterocycles. The van der Waals surface area contributed by atoms with Crippen LogP contribution < -0.4 is 11.1 Å². The molecule has 0 aromatic carbocycles. The normalized spacial score (nSPS) is 10.3. The first kappa shape index (κ1) is 12.0. The van der Waals surface area contributed by atoms with Crippen LogP contribution in [-0.2, 0) is 0 Å². The van der Waals surface area contributed by atoms with Gasteiger partial charge in [0.2, 0.25) is 0 Å². The van der Waals surface area contributed by atoms with Gasteiger partial charge in [0, 0.05) is 18.3 Å². The highest BCUT2D eigenvalue weighted by Crippen LogP contribution is 2.16. The number of rotatable bonds is 4. The van der Waals surface area contributed by atoms with Crippen molar-refractivity contribution in [2.75, 3.05) is 11.9 Å². The molecule has 0 aliphatic carbocycles. The molecule has 0 atom stereocenters. The van der Waals surface area contributed by atoms with Gasteiger partial charge in [-0.25, -0.2) is 14.6 Å². The molecule has 3 N–H and O–H groups in total. The molecule has 18 heavy (non-hydrogen) atoms.